The second-order valence-electron chi connectivity index (χ2n) is 5.30. The van der Waals surface area contributed by atoms with Crippen LogP contribution < -0.4 is 10.6 Å². The zero-order chi connectivity index (χ0) is 14.8. The van der Waals surface area contributed by atoms with Crippen LogP contribution in [0.5, 0.6) is 0 Å². The van der Waals surface area contributed by atoms with Crippen LogP contribution in [0, 0.1) is 6.92 Å². The van der Waals surface area contributed by atoms with Crippen LogP contribution in [0.15, 0.2) is 35.7 Å². The molecular formula is C16H19N3OS. The highest BCUT2D eigenvalue weighted by Crippen LogP contribution is 2.23. The Morgan fingerprint density at radius 1 is 1.19 bits per heavy atom. The Morgan fingerprint density at radius 3 is 2.57 bits per heavy atom. The van der Waals surface area contributed by atoms with Crippen LogP contribution in [0.1, 0.15) is 15.2 Å². The van der Waals surface area contributed by atoms with E-state index in [1.807, 2.05) is 41.5 Å². The number of aryl methyl sites for hydroxylation is 1. The number of nitrogens with two attached hydrogens (primary N) is 1. The molecule has 1 aliphatic heterocycles. The molecule has 0 spiro atoms. The van der Waals surface area contributed by atoms with Crippen molar-refractivity contribution in [3.8, 4) is 0 Å². The number of piperazine rings is 1. The van der Waals surface area contributed by atoms with E-state index in [0.717, 1.165) is 48.0 Å². The lowest BCUT2D eigenvalue weighted by molar-refractivity contribution is 0.0751. The topological polar surface area (TPSA) is 49.6 Å². The number of carbonyl (C=O) groups is 1. The number of benzene rings is 1. The molecule has 1 aliphatic rings. The minimum Gasteiger partial charge on any atom is -0.398 e. The predicted molar refractivity (Wildman–Crippen MR) is 88.0 cm³/mol. The largest absolute Gasteiger partial charge is 0.398 e. The molecule has 0 unspecified atom stereocenters. The van der Waals surface area contributed by atoms with E-state index >= 15 is 0 Å². The lowest BCUT2D eigenvalue weighted by Crippen LogP contribution is -2.48. The smallest absolute Gasteiger partial charge is 0.264 e. The van der Waals surface area contributed by atoms with E-state index in [-0.39, 0.29) is 5.91 Å². The van der Waals surface area contributed by atoms with Crippen molar-refractivity contribution < 1.29 is 4.79 Å². The van der Waals surface area contributed by atoms with Crippen molar-refractivity contribution in [3.63, 3.8) is 0 Å². The Bertz CT molecular complexity index is 631. The Labute approximate surface area is 128 Å². The SMILES string of the molecule is Cc1ccc(N2CCN(C(=O)c3cccs3)CC2)cc1N. The molecule has 21 heavy (non-hydrogen) atoms. The lowest BCUT2D eigenvalue weighted by atomic mass is 10.1. The summed E-state index contributed by atoms with van der Waals surface area (Å²) in [6, 6.07) is 9.98. The van der Waals surface area contributed by atoms with Gasteiger partial charge in [-0.3, -0.25) is 4.79 Å². The summed E-state index contributed by atoms with van der Waals surface area (Å²) in [7, 11) is 0. The standard InChI is InChI=1S/C16H19N3OS/c1-12-4-5-13(11-14(12)17)18-6-8-19(9-7-18)16(20)15-3-2-10-21-15/h2-5,10-11H,6-9,17H2,1H3. The van der Waals surface area contributed by atoms with Crippen LogP contribution >= 0.6 is 11.3 Å². The molecule has 3 rings (SSSR count). The van der Waals surface area contributed by atoms with Gasteiger partial charge >= 0.3 is 0 Å². The van der Waals surface area contributed by atoms with Gasteiger partial charge in [0.25, 0.3) is 5.91 Å². The molecule has 0 atom stereocenters. The Hall–Kier alpha value is -2.01. The van der Waals surface area contributed by atoms with E-state index in [4.69, 9.17) is 5.73 Å². The molecule has 2 heterocycles. The molecule has 4 nitrogen and oxygen atoms in total. The second kappa shape index (κ2) is 5.77. The first-order valence-electron chi connectivity index (χ1n) is 7.09. The molecule has 2 N–H and O–H groups in total. The first kappa shape index (κ1) is 13.9. The summed E-state index contributed by atoms with van der Waals surface area (Å²) < 4.78 is 0. The molecule has 1 aromatic carbocycles. The highest BCUT2D eigenvalue weighted by atomic mass is 32.1. The molecule has 0 bridgehead atoms. The number of thiophene rings is 1. The minimum absolute atomic E-state index is 0.146. The first-order valence-corrected chi connectivity index (χ1v) is 7.97. The Balaban J connectivity index is 1.65. The molecule has 1 saturated heterocycles. The summed E-state index contributed by atoms with van der Waals surface area (Å²) >= 11 is 1.50. The van der Waals surface area contributed by atoms with Gasteiger partial charge in [-0.1, -0.05) is 12.1 Å². The van der Waals surface area contributed by atoms with Crippen LogP contribution in [0.2, 0.25) is 0 Å². The number of carbonyl (C=O) groups excluding carboxylic acids is 1. The van der Waals surface area contributed by atoms with Crippen molar-refractivity contribution in [1.29, 1.82) is 0 Å². The molecule has 2 aromatic rings. The number of rotatable bonds is 2. The summed E-state index contributed by atoms with van der Waals surface area (Å²) in [6.07, 6.45) is 0. The number of hydrogen-bond donors (Lipinski definition) is 1. The molecular weight excluding hydrogens is 282 g/mol. The van der Waals surface area contributed by atoms with Gasteiger partial charge in [-0.05, 0) is 36.1 Å². The Morgan fingerprint density at radius 2 is 1.95 bits per heavy atom. The van der Waals surface area contributed by atoms with Gasteiger partial charge in [0.15, 0.2) is 0 Å². The maximum atomic E-state index is 12.3. The summed E-state index contributed by atoms with van der Waals surface area (Å²) in [5.74, 6) is 0.146. The van der Waals surface area contributed by atoms with Crippen LogP contribution in [-0.2, 0) is 0 Å². The fourth-order valence-corrected chi connectivity index (χ4v) is 3.24. The third kappa shape index (κ3) is 2.88. The van der Waals surface area contributed by atoms with Crippen molar-refractivity contribution in [2.45, 2.75) is 6.92 Å². The molecule has 0 radical (unpaired) electrons. The molecule has 1 fully saturated rings. The number of amides is 1. The van der Waals surface area contributed by atoms with E-state index < -0.39 is 0 Å². The fraction of sp³-hybridized carbons (Fsp3) is 0.312. The summed E-state index contributed by atoms with van der Waals surface area (Å²) in [5.41, 5.74) is 9.04. The van der Waals surface area contributed by atoms with E-state index in [2.05, 4.69) is 11.0 Å². The van der Waals surface area contributed by atoms with Crippen LogP contribution in [0.3, 0.4) is 0 Å². The lowest BCUT2D eigenvalue weighted by Gasteiger charge is -2.36. The van der Waals surface area contributed by atoms with Gasteiger partial charge in [0.05, 0.1) is 4.88 Å². The summed E-state index contributed by atoms with van der Waals surface area (Å²) in [5, 5.41) is 1.94. The summed E-state index contributed by atoms with van der Waals surface area (Å²) in [6.45, 7) is 5.21. The molecule has 5 heteroatoms. The highest BCUT2D eigenvalue weighted by Gasteiger charge is 2.22. The number of nitrogens with zero attached hydrogens (tertiary/aromatic N) is 2. The summed E-state index contributed by atoms with van der Waals surface area (Å²) in [4.78, 5) is 17.3. The van der Waals surface area contributed by atoms with Crippen molar-refractivity contribution in [2.75, 3.05) is 36.8 Å². The van der Waals surface area contributed by atoms with E-state index in [0.29, 0.717) is 0 Å². The molecule has 0 saturated carbocycles. The van der Waals surface area contributed by atoms with Crippen LogP contribution in [0.4, 0.5) is 11.4 Å². The van der Waals surface area contributed by atoms with E-state index in [1.54, 1.807) is 0 Å². The van der Waals surface area contributed by atoms with Gasteiger partial charge in [0.2, 0.25) is 0 Å². The Kier molecular flexibility index (Phi) is 3.84. The van der Waals surface area contributed by atoms with Gasteiger partial charge < -0.3 is 15.5 Å². The van der Waals surface area contributed by atoms with Crippen LogP contribution in [-0.4, -0.2) is 37.0 Å². The third-order valence-electron chi connectivity index (χ3n) is 3.93. The number of hydrogen-bond acceptors (Lipinski definition) is 4. The zero-order valence-electron chi connectivity index (χ0n) is 12.1. The quantitative estimate of drug-likeness (QED) is 0.868. The molecule has 1 amide bonds. The molecule has 0 aliphatic carbocycles. The maximum Gasteiger partial charge on any atom is 0.264 e. The van der Waals surface area contributed by atoms with Crippen molar-refractivity contribution >= 4 is 28.6 Å². The van der Waals surface area contributed by atoms with Crippen molar-refractivity contribution in [1.82, 2.24) is 4.90 Å². The van der Waals surface area contributed by atoms with Crippen LogP contribution in [0.25, 0.3) is 0 Å². The zero-order valence-corrected chi connectivity index (χ0v) is 12.9. The predicted octanol–water partition coefficient (Wildman–Crippen LogP) is 2.60. The van der Waals surface area contributed by atoms with Gasteiger partial charge in [0.1, 0.15) is 0 Å². The fourth-order valence-electron chi connectivity index (χ4n) is 2.55. The highest BCUT2D eigenvalue weighted by molar-refractivity contribution is 7.12. The van der Waals surface area contributed by atoms with Gasteiger partial charge in [0, 0.05) is 37.6 Å². The van der Waals surface area contributed by atoms with E-state index in [9.17, 15) is 4.79 Å². The molecule has 1 aromatic heterocycles. The van der Waals surface area contributed by atoms with Gasteiger partial charge in [-0.15, -0.1) is 11.3 Å². The van der Waals surface area contributed by atoms with Crippen molar-refractivity contribution in [2.24, 2.45) is 0 Å². The monoisotopic (exact) mass is 301 g/mol. The van der Waals surface area contributed by atoms with E-state index in [1.165, 1.54) is 11.3 Å². The minimum atomic E-state index is 0.146. The average Bonchev–Trinajstić information content (AvgIpc) is 3.04. The van der Waals surface area contributed by atoms with Crippen molar-refractivity contribution in [3.05, 3.63) is 46.2 Å². The average molecular weight is 301 g/mol. The normalized spacial score (nSPS) is 15.3. The third-order valence-corrected chi connectivity index (χ3v) is 4.78. The molecule has 110 valence electrons. The number of anilines is 2. The van der Waals surface area contributed by atoms with Gasteiger partial charge in [-0.25, -0.2) is 0 Å². The first-order chi connectivity index (χ1) is 10.1. The maximum absolute atomic E-state index is 12.3. The van der Waals surface area contributed by atoms with Gasteiger partial charge in [-0.2, -0.15) is 0 Å². The second-order valence-corrected chi connectivity index (χ2v) is 6.25. The number of nitrogen functional groups attached to an aromatic ring is 1.